The molecule has 26 heavy (non-hydrogen) atoms. The molecule has 0 radical (unpaired) electrons. The zero-order valence-corrected chi connectivity index (χ0v) is 14.4. The summed E-state index contributed by atoms with van der Waals surface area (Å²) in [5, 5.41) is 0. The van der Waals surface area contributed by atoms with Crippen LogP contribution < -0.4 is 0 Å². The van der Waals surface area contributed by atoms with Gasteiger partial charge >= 0.3 is 5.97 Å². The number of aromatic nitrogens is 2. The van der Waals surface area contributed by atoms with Gasteiger partial charge < -0.3 is 4.74 Å². The van der Waals surface area contributed by atoms with E-state index in [-0.39, 0.29) is 23.9 Å². The maximum absolute atomic E-state index is 13.1. The van der Waals surface area contributed by atoms with E-state index in [9.17, 15) is 14.0 Å². The van der Waals surface area contributed by atoms with Gasteiger partial charge in [0, 0.05) is 11.3 Å². The Morgan fingerprint density at radius 2 is 1.85 bits per heavy atom. The molecule has 1 aromatic heterocycles. The van der Waals surface area contributed by atoms with Gasteiger partial charge in [-0.05, 0) is 49.7 Å². The Bertz CT molecular complexity index is 961. The van der Waals surface area contributed by atoms with Crippen LogP contribution in [-0.2, 0) is 4.74 Å². The average molecular weight is 352 g/mol. The highest BCUT2D eigenvalue weighted by Gasteiger charge is 2.17. The highest BCUT2D eigenvalue weighted by atomic mass is 19.1. The minimum absolute atomic E-state index is 0.158. The van der Waals surface area contributed by atoms with Crippen LogP contribution in [0.15, 0.2) is 55.0 Å². The number of aryl methyl sites for hydroxylation is 2. The fourth-order valence-corrected chi connectivity index (χ4v) is 2.57. The van der Waals surface area contributed by atoms with Crippen molar-refractivity contribution in [2.45, 2.75) is 13.8 Å². The van der Waals surface area contributed by atoms with Crippen molar-refractivity contribution < 1.29 is 18.7 Å². The monoisotopic (exact) mass is 352 g/mol. The summed E-state index contributed by atoms with van der Waals surface area (Å²) in [6, 6.07) is 11.2. The number of halogens is 1. The number of benzene rings is 2. The Labute approximate surface area is 150 Å². The van der Waals surface area contributed by atoms with Gasteiger partial charge in [-0.2, -0.15) is 0 Å². The van der Waals surface area contributed by atoms with Gasteiger partial charge in [0.1, 0.15) is 5.82 Å². The fraction of sp³-hybridized carbons (Fsp3) is 0.150. The van der Waals surface area contributed by atoms with Crippen molar-refractivity contribution >= 4 is 11.8 Å². The van der Waals surface area contributed by atoms with Crippen molar-refractivity contribution in [3.05, 3.63) is 83.2 Å². The Morgan fingerprint density at radius 1 is 1.12 bits per heavy atom. The minimum atomic E-state index is -0.675. The summed E-state index contributed by atoms with van der Waals surface area (Å²) in [6.45, 7) is 3.36. The third kappa shape index (κ3) is 3.69. The third-order valence-electron chi connectivity index (χ3n) is 3.98. The molecule has 1 heterocycles. The number of esters is 1. The second-order valence-electron chi connectivity index (χ2n) is 5.94. The summed E-state index contributed by atoms with van der Waals surface area (Å²) < 4.78 is 19.7. The first-order chi connectivity index (χ1) is 12.5. The lowest BCUT2D eigenvalue weighted by Gasteiger charge is -2.09. The molecule has 0 aliphatic carbocycles. The van der Waals surface area contributed by atoms with E-state index in [2.05, 4.69) is 4.98 Å². The van der Waals surface area contributed by atoms with Crippen LogP contribution in [0, 0.1) is 19.7 Å². The van der Waals surface area contributed by atoms with E-state index in [4.69, 9.17) is 4.74 Å². The SMILES string of the molecule is Cc1ccc(C)c(C(=O)COC(=O)c2cncn2-c2ccc(F)cc2)c1. The van der Waals surface area contributed by atoms with Gasteiger partial charge in [0.15, 0.2) is 12.3 Å². The molecule has 3 aromatic rings. The zero-order chi connectivity index (χ0) is 18.7. The lowest BCUT2D eigenvalue weighted by Crippen LogP contribution is -2.17. The molecule has 5 nitrogen and oxygen atoms in total. The zero-order valence-electron chi connectivity index (χ0n) is 14.4. The van der Waals surface area contributed by atoms with Crippen molar-refractivity contribution in [1.29, 1.82) is 0 Å². The van der Waals surface area contributed by atoms with Gasteiger partial charge in [-0.15, -0.1) is 0 Å². The predicted molar refractivity (Wildman–Crippen MR) is 94.1 cm³/mol. The summed E-state index contributed by atoms with van der Waals surface area (Å²) in [4.78, 5) is 28.6. The summed E-state index contributed by atoms with van der Waals surface area (Å²) in [5.74, 6) is -1.32. The largest absolute Gasteiger partial charge is 0.453 e. The number of hydrogen-bond donors (Lipinski definition) is 0. The van der Waals surface area contributed by atoms with E-state index < -0.39 is 5.97 Å². The van der Waals surface area contributed by atoms with Gasteiger partial charge in [-0.25, -0.2) is 14.2 Å². The average Bonchev–Trinajstić information content (AvgIpc) is 3.12. The topological polar surface area (TPSA) is 61.2 Å². The molecule has 0 amide bonds. The van der Waals surface area contributed by atoms with Crippen LogP contribution in [0.2, 0.25) is 0 Å². The van der Waals surface area contributed by atoms with Crippen LogP contribution in [-0.4, -0.2) is 27.9 Å². The number of carbonyl (C=O) groups is 2. The summed E-state index contributed by atoms with van der Waals surface area (Å²) in [5.41, 5.74) is 3.04. The Balaban J connectivity index is 1.73. The van der Waals surface area contributed by atoms with Crippen molar-refractivity contribution in [2.75, 3.05) is 6.61 Å². The maximum Gasteiger partial charge on any atom is 0.357 e. The van der Waals surface area contributed by atoms with E-state index in [0.717, 1.165) is 11.1 Å². The first-order valence-corrected chi connectivity index (χ1v) is 8.01. The normalized spacial score (nSPS) is 10.6. The Hall–Kier alpha value is -3.28. The molecule has 2 aromatic carbocycles. The van der Waals surface area contributed by atoms with Crippen LogP contribution in [0.25, 0.3) is 5.69 Å². The number of ether oxygens (including phenoxy) is 1. The summed E-state index contributed by atoms with van der Waals surface area (Å²) in [7, 11) is 0. The molecule has 132 valence electrons. The quantitative estimate of drug-likeness (QED) is 0.519. The van der Waals surface area contributed by atoms with E-state index >= 15 is 0 Å². The summed E-state index contributed by atoms with van der Waals surface area (Å²) >= 11 is 0. The minimum Gasteiger partial charge on any atom is -0.453 e. The predicted octanol–water partition coefficient (Wildman–Crippen LogP) is 3.67. The van der Waals surface area contributed by atoms with E-state index in [0.29, 0.717) is 11.3 Å². The molecule has 0 bridgehead atoms. The van der Waals surface area contributed by atoms with Gasteiger partial charge in [0.05, 0.1) is 12.5 Å². The number of Topliss-reactive ketones (excluding diaryl/α,β-unsaturated/α-hetero) is 1. The van der Waals surface area contributed by atoms with E-state index in [1.54, 1.807) is 6.07 Å². The maximum atomic E-state index is 13.1. The van der Waals surface area contributed by atoms with Gasteiger partial charge in [0.25, 0.3) is 0 Å². The highest BCUT2D eigenvalue weighted by Crippen LogP contribution is 2.15. The number of carbonyl (C=O) groups excluding carboxylic acids is 2. The Morgan fingerprint density at radius 3 is 2.58 bits per heavy atom. The standard InChI is InChI=1S/C20H17FN2O3/c1-13-3-4-14(2)17(9-13)19(24)11-26-20(25)18-10-22-12-23(18)16-7-5-15(21)6-8-16/h3-10,12H,11H2,1-2H3. The van der Waals surface area contributed by atoms with Crippen LogP contribution in [0.1, 0.15) is 32.0 Å². The lowest BCUT2D eigenvalue weighted by molar-refractivity contribution is 0.0466. The number of ketones is 1. The summed E-state index contributed by atoms with van der Waals surface area (Å²) in [6.07, 6.45) is 2.77. The third-order valence-corrected chi connectivity index (χ3v) is 3.98. The lowest BCUT2D eigenvalue weighted by atomic mass is 10.0. The van der Waals surface area contributed by atoms with Crippen molar-refractivity contribution in [3.8, 4) is 5.69 Å². The fourth-order valence-electron chi connectivity index (χ4n) is 2.57. The van der Waals surface area contributed by atoms with Gasteiger partial charge in [-0.3, -0.25) is 9.36 Å². The van der Waals surface area contributed by atoms with Crippen molar-refractivity contribution in [2.24, 2.45) is 0 Å². The molecular weight excluding hydrogens is 335 g/mol. The number of imidazole rings is 1. The highest BCUT2D eigenvalue weighted by molar-refractivity contribution is 6.00. The van der Waals surface area contributed by atoms with Crippen LogP contribution in [0.4, 0.5) is 4.39 Å². The second kappa shape index (κ2) is 7.31. The molecule has 0 spiro atoms. The molecule has 0 aliphatic heterocycles. The first kappa shape index (κ1) is 17.5. The van der Waals surface area contributed by atoms with Crippen LogP contribution >= 0.6 is 0 Å². The van der Waals surface area contributed by atoms with Crippen LogP contribution in [0.3, 0.4) is 0 Å². The molecular formula is C20H17FN2O3. The van der Waals surface area contributed by atoms with Crippen molar-refractivity contribution in [1.82, 2.24) is 9.55 Å². The molecule has 0 N–H and O–H groups in total. The molecule has 6 heteroatoms. The molecule has 0 unspecified atom stereocenters. The van der Waals surface area contributed by atoms with E-state index in [1.165, 1.54) is 41.4 Å². The molecule has 0 fully saturated rings. The molecule has 0 saturated carbocycles. The smallest absolute Gasteiger partial charge is 0.357 e. The van der Waals surface area contributed by atoms with Crippen molar-refractivity contribution in [3.63, 3.8) is 0 Å². The Kier molecular flexibility index (Phi) is 4.93. The molecule has 0 aliphatic rings. The molecule has 0 atom stereocenters. The second-order valence-corrected chi connectivity index (χ2v) is 5.94. The van der Waals surface area contributed by atoms with Gasteiger partial charge in [0.2, 0.25) is 5.78 Å². The number of rotatable bonds is 5. The number of nitrogens with zero attached hydrogens (tertiary/aromatic N) is 2. The van der Waals surface area contributed by atoms with E-state index in [1.807, 2.05) is 26.0 Å². The van der Waals surface area contributed by atoms with Gasteiger partial charge in [-0.1, -0.05) is 17.7 Å². The first-order valence-electron chi connectivity index (χ1n) is 8.01. The van der Waals surface area contributed by atoms with Crippen LogP contribution in [0.5, 0.6) is 0 Å². The molecule has 0 saturated heterocycles. The molecule has 3 rings (SSSR count). The number of hydrogen-bond acceptors (Lipinski definition) is 4.